The second-order valence-corrected chi connectivity index (χ2v) is 8.12. The van der Waals surface area contributed by atoms with Gasteiger partial charge in [-0.2, -0.15) is 13.2 Å². The van der Waals surface area contributed by atoms with Gasteiger partial charge in [-0.15, -0.1) is 0 Å². The number of rotatable bonds is 4. The molecule has 0 spiro atoms. The average molecular weight is 436 g/mol. The summed E-state index contributed by atoms with van der Waals surface area (Å²) in [6.45, 7) is 4.11. The Kier molecular flexibility index (Phi) is 6.29. The fourth-order valence-corrected chi connectivity index (χ4v) is 4.46. The van der Waals surface area contributed by atoms with Crippen molar-refractivity contribution in [1.29, 1.82) is 0 Å². The average Bonchev–Trinajstić information content (AvgIpc) is 3.17. The van der Waals surface area contributed by atoms with Crippen LogP contribution >= 0.6 is 0 Å². The Bertz CT molecular complexity index is 928. The molecule has 2 aliphatic rings. The molecule has 4 rings (SSSR count). The topological polar surface area (TPSA) is 32.8 Å². The zero-order chi connectivity index (χ0) is 22.0. The Morgan fingerprint density at radius 1 is 1.03 bits per heavy atom. The van der Waals surface area contributed by atoms with Gasteiger partial charge in [-0.3, -0.25) is 9.69 Å². The minimum Gasteiger partial charge on any atom is -0.379 e. The van der Waals surface area contributed by atoms with Gasteiger partial charge in [0.05, 0.1) is 18.8 Å². The van der Waals surface area contributed by atoms with Gasteiger partial charge in [-0.25, -0.2) is 4.39 Å². The number of carbonyl (C=O) groups excluding carboxylic acids is 1. The molecule has 2 fully saturated rings. The van der Waals surface area contributed by atoms with Gasteiger partial charge in [0, 0.05) is 44.2 Å². The lowest BCUT2D eigenvalue weighted by atomic mass is 9.87. The third kappa shape index (κ3) is 5.07. The zero-order valence-electron chi connectivity index (χ0n) is 16.9. The molecule has 2 saturated heterocycles. The van der Waals surface area contributed by atoms with Gasteiger partial charge in [0.25, 0.3) is 5.91 Å². The van der Waals surface area contributed by atoms with E-state index < -0.39 is 17.6 Å². The van der Waals surface area contributed by atoms with Gasteiger partial charge in [-0.05, 0) is 35.7 Å². The molecule has 1 amide bonds. The summed E-state index contributed by atoms with van der Waals surface area (Å²) < 4.78 is 58.8. The number of hydrogen-bond donors (Lipinski definition) is 0. The molecule has 0 radical (unpaired) electrons. The van der Waals surface area contributed by atoms with E-state index in [1.165, 1.54) is 30.3 Å². The van der Waals surface area contributed by atoms with Crippen molar-refractivity contribution < 1.29 is 27.1 Å². The molecular weight excluding hydrogens is 412 g/mol. The second-order valence-electron chi connectivity index (χ2n) is 8.12. The van der Waals surface area contributed by atoms with Crippen LogP contribution in [0, 0.1) is 11.7 Å². The summed E-state index contributed by atoms with van der Waals surface area (Å²) >= 11 is 0. The van der Waals surface area contributed by atoms with Gasteiger partial charge >= 0.3 is 6.18 Å². The van der Waals surface area contributed by atoms with Crippen LogP contribution in [0.3, 0.4) is 0 Å². The summed E-state index contributed by atoms with van der Waals surface area (Å²) in [4.78, 5) is 16.8. The van der Waals surface area contributed by atoms with Crippen LogP contribution in [-0.2, 0) is 10.9 Å². The lowest BCUT2D eigenvalue weighted by Crippen LogP contribution is -2.41. The summed E-state index contributed by atoms with van der Waals surface area (Å²) in [7, 11) is 0. The number of likely N-dealkylation sites (tertiary alicyclic amines) is 1. The van der Waals surface area contributed by atoms with Crippen LogP contribution in [0.25, 0.3) is 0 Å². The first-order chi connectivity index (χ1) is 14.8. The molecule has 0 N–H and O–H groups in total. The van der Waals surface area contributed by atoms with Gasteiger partial charge in [0.2, 0.25) is 0 Å². The Hall–Kier alpha value is -2.45. The Labute approximate surface area is 178 Å². The number of nitrogens with zero attached hydrogens (tertiary/aromatic N) is 2. The quantitative estimate of drug-likeness (QED) is 0.679. The lowest BCUT2D eigenvalue weighted by Gasteiger charge is -2.31. The number of hydrogen-bond acceptors (Lipinski definition) is 3. The maximum absolute atomic E-state index is 13.6. The van der Waals surface area contributed by atoms with E-state index in [4.69, 9.17) is 4.74 Å². The van der Waals surface area contributed by atoms with E-state index in [1.54, 1.807) is 17.0 Å². The molecule has 166 valence electrons. The third-order valence-corrected chi connectivity index (χ3v) is 6.04. The van der Waals surface area contributed by atoms with Crippen molar-refractivity contribution in [2.75, 3.05) is 45.9 Å². The van der Waals surface area contributed by atoms with Crippen molar-refractivity contribution in [3.8, 4) is 0 Å². The van der Waals surface area contributed by atoms with Crippen LogP contribution < -0.4 is 0 Å². The number of halogens is 4. The van der Waals surface area contributed by atoms with Crippen LogP contribution in [0.1, 0.15) is 27.4 Å². The molecule has 0 aromatic heterocycles. The second kappa shape index (κ2) is 8.96. The van der Waals surface area contributed by atoms with Crippen molar-refractivity contribution in [1.82, 2.24) is 9.80 Å². The van der Waals surface area contributed by atoms with Gasteiger partial charge in [0.1, 0.15) is 5.82 Å². The maximum atomic E-state index is 13.6. The maximum Gasteiger partial charge on any atom is 0.416 e. The first kappa shape index (κ1) is 21.8. The highest BCUT2D eigenvalue weighted by molar-refractivity contribution is 5.94. The molecule has 0 aliphatic carbocycles. The van der Waals surface area contributed by atoms with Crippen LogP contribution in [0.4, 0.5) is 17.6 Å². The Morgan fingerprint density at radius 2 is 1.77 bits per heavy atom. The van der Waals surface area contributed by atoms with E-state index in [9.17, 15) is 22.4 Å². The molecule has 0 bridgehead atoms. The normalized spacial score (nSPS) is 22.6. The molecule has 31 heavy (non-hydrogen) atoms. The molecule has 2 aromatic carbocycles. The number of alkyl halides is 3. The minimum absolute atomic E-state index is 0.0286. The van der Waals surface area contributed by atoms with Crippen molar-refractivity contribution in [2.24, 2.45) is 5.92 Å². The summed E-state index contributed by atoms with van der Waals surface area (Å²) in [5.41, 5.74) is 0.127. The smallest absolute Gasteiger partial charge is 0.379 e. The van der Waals surface area contributed by atoms with Crippen LogP contribution in [0.15, 0.2) is 48.5 Å². The number of carbonyl (C=O) groups is 1. The van der Waals surface area contributed by atoms with Gasteiger partial charge < -0.3 is 9.64 Å². The predicted octanol–water partition coefficient (Wildman–Crippen LogP) is 4.03. The zero-order valence-corrected chi connectivity index (χ0v) is 16.9. The minimum atomic E-state index is -4.43. The fraction of sp³-hybridized carbons (Fsp3) is 0.435. The standard InChI is InChI=1S/C23H24F4N2O2/c24-20-6-2-4-17(12-20)22(30)29-14-18(13-28-7-9-31-10-8-28)21(15-29)16-3-1-5-19(11-16)23(25,26)27/h1-6,11-12,18,21H,7-10,13-15H2. The van der Waals surface area contributed by atoms with Crippen LogP contribution in [0.5, 0.6) is 0 Å². The van der Waals surface area contributed by atoms with Crippen molar-refractivity contribution in [3.63, 3.8) is 0 Å². The van der Waals surface area contributed by atoms with Crippen molar-refractivity contribution in [3.05, 3.63) is 71.0 Å². The predicted molar refractivity (Wildman–Crippen MR) is 107 cm³/mol. The largest absolute Gasteiger partial charge is 0.416 e. The number of benzene rings is 2. The molecule has 2 unspecified atom stereocenters. The highest BCUT2D eigenvalue weighted by atomic mass is 19.4. The number of amides is 1. The van der Waals surface area contributed by atoms with Crippen molar-refractivity contribution >= 4 is 5.91 Å². The molecule has 0 saturated carbocycles. The summed E-state index contributed by atoms with van der Waals surface area (Å²) in [6.07, 6.45) is -4.43. The van der Waals surface area contributed by atoms with Crippen LogP contribution in [-0.4, -0.2) is 61.6 Å². The summed E-state index contributed by atoms with van der Waals surface area (Å²) in [5, 5.41) is 0. The molecule has 2 heterocycles. The van der Waals surface area contributed by atoms with E-state index in [0.717, 1.165) is 19.2 Å². The number of ether oxygens (including phenoxy) is 1. The molecule has 4 nitrogen and oxygen atoms in total. The number of morpholine rings is 1. The highest BCUT2D eigenvalue weighted by Gasteiger charge is 2.39. The SMILES string of the molecule is O=C(c1cccc(F)c1)N1CC(CN2CCOCC2)C(c2cccc(C(F)(F)F)c2)C1. The Morgan fingerprint density at radius 3 is 2.48 bits per heavy atom. The summed E-state index contributed by atoms with van der Waals surface area (Å²) in [6, 6.07) is 10.9. The van der Waals surface area contributed by atoms with Gasteiger partial charge in [-0.1, -0.05) is 24.3 Å². The molecule has 8 heteroatoms. The molecule has 2 aromatic rings. The van der Waals surface area contributed by atoms with Gasteiger partial charge in [0.15, 0.2) is 0 Å². The van der Waals surface area contributed by atoms with E-state index >= 15 is 0 Å². The summed E-state index contributed by atoms with van der Waals surface area (Å²) in [5.74, 6) is -1.06. The van der Waals surface area contributed by atoms with E-state index in [2.05, 4.69) is 4.90 Å². The van der Waals surface area contributed by atoms with Crippen LogP contribution in [0.2, 0.25) is 0 Å². The lowest BCUT2D eigenvalue weighted by molar-refractivity contribution is -0.137. The monoisotopic (exact) mass is 436 g/mol. The fourth-order valence-electron chi connectivity index (χ4n) is 4.46. The Balaban J connectivity index is 1.59. The van der Waals surface area contributed by atoms with E-state index in [1.807, 2.05) is 0 Å². The van der Waals surface area contributed by atoms with Crippen molar-refractivity contribution in [2.45, 2.75) is 12.1 Å². The highest BCUT2D eigenvalue weighted by Crippen LogP contribution is 2.37. The third-order valence-electron chi connectivity index (χ3n) is 6.04. The van der Waals surface area contributed by atoms with E-state index in [0.29, 0.717) is 38.4 Å². The first-order valence-corrected chi connectivity index (χ1v) is 10.3. The van der Waals surface area contributed by atoms with E-state index in [-0.39, 0.29) is 23.3 Å². The molecule has 2 aliphatic heterocycles. The first-order valence-electron chi connectivity index (χ1n) is 10.3. The molecule has 2 atom stereocenters. The molecular formula is C23H24F4N2O2.